The Bertz CT molecular complexity index is 737. The van der Waals surface area contributed by atoms with Crippen LogP contribution in [0.4, 0.5) is 0 Å². The molecule has 0 N–H and O–H groups in total. The van der Waals surface area contributed by atoms with Crippen LogP contribution in [0.25, 0.3) is 0 Å². The van der Waals surface area contributed by atoms with Crippen LogP contribution >= 0.6 is 0 Å². The van der Waals surface area contributed by atoms with Crippen LogP contribution in [0.3, 0.4) is 0 Å². The molecule has 0 unspecified atom stereocenters. The number of benzene rings is 3. The number of rotatable bonds is 5. The van der Waals surface area contributed by atoms with Crippen LogP contribution in [-0.2, 0) is 11.0 Å². The van der Waals surface area contributed by atoms with E-state index in [4.69, 9.17) is 4.43 Å². The van der Waals surface area contributed by atoms with Gasteiger partial charge in [-0.05, 0) is 21.0 Å². The molecule has 0 saturated heterocycles. The molecule has 0 saturated carbocycles. The highest BCUT2D eigenvalue weighted by Crippen LogP contribution is 2.37. The van der Waals surface area contributed by atoms with E-state index < -0.39 is 8.32 Å². The van der Waals surface area contributed by atoms with E-state index >= 15 is 0 Å². The highest BCUT2D eigenvalue weighted by Gasteiger charge is 2.50. The maximum absolute atomic E-state index is 6.89. The zero-order valence-corrected chi connectivity index (χ0v) is 16.3. The predicted molar refractivity (Wildman–Crippen MR) is 109 cm³/mol. The van der Waals surface area contributed by atoms with E-state index in [9.17, 15) is 0 Å². The average Bonchev–Trinajstić information content (AvgIpc) is 2.64. The Morgan fingerprint density at radius 2 is 1.04 bits per heavy atom. The number of hydrogen-bond donors (Lipinski definition) is 0. The minimum Gasteiger partial charge on any atom is -0.403 e. The van der Waals surface area contributed by atoms with Gasteiger partial charge in [0.15, 0.2) is 0 Å². The van der Waals surface area contributed by atoms with Crippen molar-refractivity contribution in [1.29, 1.82) is 0 Å². The molecule has 0 aliphatic heterocycles. The van der Waals surface area contributed by atoms with Gasteiger partial charge in [0.2, 0.25) is 0 Å². The molecule has 0 aliphatic rings. The van der Waals surface area contributed by atoms with Crippen molar-refractivity contribution < 1.29 is 4.43 Å². The molecule has 0 amide bonds. The monoisotopic (exact) mass is 346 g/mol. The summed E-state index contributed by atoms with van der Waals surface area (Å²) in [6.07, 6.45) is 0. The lowest BCUT2D eigenvalue weighted by molar-refractivity contribution is 0.286. The first-order chi connectivity index (χ1) is 12.0. The summed E-state index contributed by atoms with van der Waals surface area (Å²) in [6, 6.07) is 32.0. The van der Waals surface area contributed by atoms with Crippen LogP contribution in [0, 0.1) is 0 Å². The van der Waals surface area contributed by atoms with Crippen molar-refractivity contribution in [2.24, 2.45) is 0 Å². The highest BCUT2D eigenvalue weighted by molar-refractivity contribution is 6.99. The topological polar surface area (TPSA) is 9.23 Å². The number of hydrogen-bond acceptors (Lipinski definition) is 1. The SMILES string of the molecule is CC(C)(C)[Si](OCc1ccccc1)(c1ccccc1)c1ccccc1. The summed E-state index contributed by atoms with van der Waals surface area (Å²) in [7, 11) is -2.43. The van der Waals surface area contributed by atoms with E-state index in [1.165, 1.54) is 15.9 Å². The molecule has 0 spiro atoms. The van der Waals surface area contributed by atoms with Gasteiger partial charge in [-0.15, -0.1) is 0 Å². The zero-order chi connectivity index (χ0) is 17.8. The lowest BCUT2D eigenvalue weighted by Crippen LogP contribution is -2.66. The maximum Gasteiger partial charge on any atom is 0.261 e. The second-order valence-electron chi connectivity index (χ2n) is 7.44. The van der Waals surface area contributed by atoms with Crippen LogP contribution in [-0.4, -0.2) is 8.32 Å². The Morgan fingerprint density at radius 3 is 1.44 bits per heavy atom. The Kier molecular flexibility index (Phi) is 5.21. The highest BCUT2D eigenvalue weighted by atomic mass is 28.4. The molecule has 0 atom stereocenters. The molecule has 0 heterocycles. The lowest BCUT2D eigenvalue weighted by atomic mass is 10.2. The summed E-state index contributed by atoms with van der Waals surface area (Å²) < 4.78 is 6.89. The van der Waals surface area contributed by atoms with Crippen LogP contribution in [0.5, 0.6) is 0 Å². The summed E-state index contributed by atoms with van der Waals surface area (Å²) in [5, 5.41) is 2.67. The summed E-state index contributed by atoms with van der Waals surface area (Å²) >= 11 is 0. The Labute approximate surface area is 152 Å². The molecule has 0 aromatic heterocycles. The summed E-state index contributed by atoms with van der Waals surface area (Å²) in [5.74, 6) is 0. The van der Waals surface area contributed by atoms with Gasteiger partial charge in [0.1, 0.15) is 0 Å². The quantitative estimate of drug-likeness (QED) is 0.605. The van der Waals surface area contributed by atoms with Crippen molar-refractivity contribution >= 4 is 18.7 Å². The minimum absolute atomic E-state index is 0.0183. The van der Waals surface area contributed by atoms with Gasteiger partial charge in [0.25, 0.3) is 8.32 Å². The molecule has 3 rings (SSSR count). The van der Waals surface area contributed by atoms with Crippen molar-refractivity contribution in [3.05, 3.63) is 96.6 Å². The first kappa shape index (κ1) is 17.7. The van der Waals surface area contributed by atoms with Crippen molar-refractivity contribution in [3.8, 4) is 0 Å². The van der Waals surface area contributed by atoms with Crippen LogP contribution in [0.1, 0.15) is 26.3 Å². The molecule has 0 bridgehead atoms. The van der Waals surface area contributed by atoms with Crippen LogP contribution < -0.4 is 10.4 Å². The molecule has 3 aromatic rings. The zero-order valence-electron chi connectivity index (χ0n) is 15.3. The summed E-state index contributed by atoms with van der Waals surface area (Å²) in [6.45, 7) is 7.56. The molecular formula is C23H26OSi. The van der Waals surface area contributed by atoms with Gasteiger partial charge in [-0.25, -0.2) is 0 Å². The van der Waals surface area contributed by atoms with E-state index in [-0.39, 0.29) is 5.04 Å². The fourth-order valence-corrected chi connectivity index (χ4v) is 8.07. The standard InChI is InChI=1S/C23H26OSi/c1-23(2,3)25(21-15-9-5-10-16-21,22-17-11-6-12-18-22)24-19-20-13-7-4-8-14-20/h4-18H,19H2,1-3H3. The molecule has 0 radical (unpaired) electrons. The molecule has 0 fully saturated rings. The second-order valence-corrected chi connectivity index (χ2v) is 11.7. The van der Waals surface area contributed by atoms with Crippen molar-refractivity contribution in [2.75, 3.05) is 0 Å². The maximum atomic E-state index is 6.89. The van der Waals surface area contributed by atoms with Gasteiger partial charge < -0.3 is 4.43 Å². The van der Waals surface area contributed by atoms with Crippen LogP contribution in [0.2, 0.25) is 5.04 Å². The van der Waals surface area contributed by atoms with E-state index in [0.717, 1.165) is 0 Å². The fourth-order valence-electron chi connectivity index (χ4n) is 3.53. The fraction of sp³-hybridized carbons (Fsp3) is 0.217. The van der Waals surface area contributed by atoms with E-state index in [1.54, 1.807) is 0 Å². The Balaban J connectivity index is 2.12. The Morgan fingerprint density at radius 1 is 0.640 bits per heavy atom. The van der Waals surface area contributed by atoms with E-state index in [1.807, 2.05) is 6.07 Å². The first-order valence-corrected chi connectivity index (χ1v) is 10.7. The van der Waals surface area contributed by atoms with Gasteiger partial charge >= 0.3 is 0 Å². The summed E-state index contributed by atoms with van der Waals surface area (Å²) in [4.78, 5) is 0. The van der Waals surface area contributed by atoms with Gasteiger partial charge in [-0.1, -0.05) is 112 Å². The van der Waals surface area contributed by atoms with Crippen LogP contribution in [0.15, 0.2) is 91.0 Å². The molecule has 0 aliphatic carbocycles. The molecule has 1 nitrogen and oxygen atoms in total. The molecular weight excluding hydrogens is 320 g/mol. The average molecular weight is 347 g/mol. The lowest BCUT2D eigenvalue weighted by Gasteiger charge is -2.43. The summed E-state index contributed by atoms with van der Waals surface area (Å²) in [5.41, 5.74) is 1.22. The third kappa shape index (κ3) is 3.60. The first-order valence-electron chi connectivity index (χ1n) is 8.83. The van der Waals surface area contributed by atoms with Gasteiger partial charge in [-0.2, -0.15) is 0 Å². The Hall–Kier alpha value is -2.16. The third-order valence-electron chi connectivity index (χ3n) is 4.71. The van der Waals surface area contributed by atoms with Gasteiger partial charge in [0.05, 0.1) is 6.61 Å². The largest absolute Gasteiger partial charge is 0.403 e. The molecule has 3 aromatic carbocycles. The van der Waals surface area contributed by atoms with Gasteiger partial charge in [0, 0.05) is 0 Å². The predicted octanol–water partition coefficient (Wildman–Crippen LogP) is 4.76. The van der Waals surface area contributed by atoms with Crippen molar-refractivity contribution in [2.45, 2.75) is 32.4 Å². The van der Waals surface area contributed by atoms with Gasteiger partial charge in [-0.3, -0.25) is 0 Å². The van der Waals surface area contributed by atoms with E-state index in [2.05, 4.69) is 106 Å². The van der Waals surface area contributed by atoms with Crippen molar-refractivity contribution in [1.82, 2.24) is 0 Å². The van der Waals surface area contributed by atoms with E-state index in [0.29, 0.717) is 6.61 Å². The molecule has 2 heteroatoms. The third-order valence-corrected chi connectivity index (χ3v) is 9.70. The second kappa shape index (κ2) is 7.38. The molecule has 25 heavy (non-hydrogen) atoms. The minimum atomic E-state index is -2.43. The molecule has 128 valence electrons. The van der Waals surface area contributed by atoms with Crippen molar-refractivity contribution in [3.63, 3.8) is 0 Å². The normalized spacial score (nSPS) is 12.1. The smallest absolute Gasteiger partial charge is 0.261 e.